The quantitative estimate of drug-likeness (QED) is 0.585. The Hall–Kier alpha value is -4.33. The molecule has 1 saturated heterocycles. The number of benzene rings is 2. The van der Waals surface area contributed by atoms with Crippen molar-refractivity contribution in [3.05, 3.63) is 77.1 Å². The van der Waals surface area contributed by atoms with Crippen LogP contribution in [0.4, 0.5) is 5.69 Å². The van der Waals surface area contributed by atoms with Crippen LogP contribution in [0.3, 0.4) is 0 Å². The van der Waals surface area contributed by atoms with E-state index in [0.29, 0.717) is 54.0 Å². The summed E-state index contributed by atoms with van der Waals surface area (Å²) in [4.78, 5) is 57.0. The topological polar surface area (TPSA) is 108 Å². The van der Waals surface area contributed by atoms with Gasteiger partial charge in [-0.1, -0.05) is 18.2 Å². The van der Waals surface area contributed by atoms with Gasteiger partial charge in [-0.05, 0) is 55.3 Å². The third-order valence-corrected chi connectivity index (χ3v) is 6.55. The molecule has 0 saturated carbocycles. The van der Waals surface area contributed by atoms with Crippen molar-refractivity contribution >= 4 is 46.2 Å². The van der Waals surface area contributed by atoms with E-state index >= 15 is 0 Å². The van der Waals surface area contributed by atoms with Gasteiger partial charge in [-0.3, -0.25) is 24.1 Å². The van der Waals surface area contributed by atoms with E-state index in [2.05, 4.69) is 4.98 Å². The Morgan fingerprint density at radius 2 is 1.77 bits per heavy atom. The summed E-state index contributed by atoms with van der Waals surface area (Å²) in [7, 11) is 0. The summed E-state index contributed by atoms with van der Waals surface area (Å²) in [6.45, 7) is 2.25. The second kappa shape index (κ2) is 8.79. The molecule has 0 unspecified atom stereocenters. The molecule has 5 rings (SSSR count). The fourth-order valence-corrected chi connectivity index (χ4v) is 4.71. The first-order valence-corrected chi connectivity index (χ1v) is 11.4. The highest BCUT2D eigenvalue weighted by Gasteiger charge is 2.34. The number of nitrogens with zero attached hydrogens (tertiary/aromatic N) is 3. The predicted octanol–water partition coefficient (Wildman–Crippen LogP) is 3.76. The molecule has 1 fully saturated rings. The second-order valence-electron chi connectivity index (χ2n) is 8.78. The Balaban J connectivity index is 1.40. The first-order chi connectivity index (χ1) is 16.8. The molecule has 176 valence electrons. The number of aromatic nitrogens is 1. The zero-order chi connectivity index (χ0) is 24.7. The van der Waals surface area contributed by atoms with Gasteiger partial charge in [0.05, 0.1) is 28.5 Å². The van der Waals surface area contributed by atoms with Crippen LogP contribution in [0.15, 0.2) is 60.3 Å². The van der Waals surface area contributed by atoms with E-state index < -0.39 is 11.9 Å². The minimum absolute atomic E-state index is 0.131. The van der Waals surface area contributed by atoms with E-state index in [1.165, 1.54) is 11.8 Å². The van der Waals surface area contributed by atoms with Crippen LogP contribution in [-0.2, 0) is 9.59 Å². The smallest absolute Gasteiger partial charge is 0.306 e. The predicted molar refractivity (Wildman–Crippen MR) is 130 cm³/mol. The van der Waals surface area contributed by atoms with Gasteiger partial charge >= 0.3 is 5.97 Å². The maximum atomic E-state index is 12.9. The zero-order valence-corrected chi connectivity index (χ0v) is 19.1. The van der Waals surface area contributed by atoms with Crippen molar-refractivity contribution in [2.24, 2.45) is 5.92 Å². The van der Waals surface area contributed by atoms with Crippen molar-refractivity contribution in [1.29, 1.82) is 0 Å². The number of anilines is 1. The van der Waals surface area contributed by atoms with Gasteiger partial charge < -0.3 is 10.0 Å². The number of carbonyl (C=O) groups excluding carboxylic acids is 3. The van der Waals surface area contributed by atoms with Crippen molar-refractivity contribution in [3.63, 3.8) is 0 Å². The van der Waals surface area contributed by atoms with Gasteiger partial charge in [-0.2, -0.15) is 0 Å². The number of fused-ring (bicyclic) bond motifs is 2. The molecule has 0 spiro atoms. The van der Waals surface area contributed by atoms with Crippen LogP contribution in [0, 0.1) is 5.92 Å². The number of Topliss-reactive ketones (excluding diaryl/α,β-unsaturated/α-hetero) is 1. The summed E-state index contributed by atoms with van der Waals surface area (Å²) in [6.07, 6.45) is 2.51. The van der Waals surface area contributed by atoms with E-state index in [-0.39, 0.29) is 23.3 Å². The summed E-state index contributed by atoms with van der Waals surface area (Å²) in [5, 5.41) is 9.93. The Morgan fingerprint density at radius 3 is 2.49 bits per heavy atom. The summed E-state index contributed by atoms with van der Waals surface area (Å²) >= 11 is 0. The highest BCUT2D eigenvalue weighted by atomic mass is 16.4. The van der Waals surface area contributed by atoms with Crippen LogP contribution in [0.25, 0.3) is 17.0 Å². The Kier molecular flexibility index (Phi) is 5.64. The minimum atomic E-state index is -0.811. The summed E-state index contributed by atoms with van der Waals surface area (Å²) in [5.41, 5.74) is 2.98. The van der Waals surface area contributed by atoms with Gasteiger partial charge in [0, 0.05) is 36.5 Å². The molecular weight excluding hydrogens is 446 g/mol. The van der Waals surface area contributed by atoms with Crippen LogP contribution in [0.2, 0.25) is 0 Å². The van der Waals surface area contributed by atoms with E-state index in [4.69, 9.17) is 5.11 Å². The molecule has 2 aromatic carbocycles. The number of likely N-dealkylation sites (tertiary alicyclic amines) is 1. The minimum Gasteiger partial charge on any atom is -0.481 e. The van der Waals surface area contributed by atoms with Crippen LogP contribution in [0.1, 0.15) is 46.2 Å². The average molecular weight is 469 g/mol. The molecule has 8 heteroatoms. The highest BCUT2D eigenvalue weighted by Crippen LogP contribution is 2.35. The number of pyridine rings is 1. The standard InChI is InChI=1S/C27H23N3O5/c1-16(31)30-23-5-3-2-4-21(23)25(32)24(30)15-20-8-6-18-14-19(7-9-22(18)28-20)26(33)29-12-10-17(11-13-29)27(34)35/h2-9,14-15,17H,10-13H2,1H3,(H,34,35)/b24-15-. The van der Waals surface area contributed by atoms with Gasteiger partial charge in [0.15, 0.2) is 0 Å². The summed E-state index contributed by atoms with van der Waals surface area (Å²) in [5.74, 6) is -1.83. The highest BCUT2D eigenvalue weighted by molar-refractivity contribution is 6.26. The maximum absolute atomic E-state index is 12.9. The van der Waals surface area contributed by atoms with Crippen LogP contribution < -0.4 is 4.90 Å². The molecule has 0 radical (unpaired) electrons. The van der Waals surface area contributed by atoms with Gasteiger partial charge in [0.1, 0.15) is 0 Å². The van der Waals surface area contributed by atoms with Gasteiger partial charge in [0.2, 0.25) is 11.7 Å². The molecule has 3 heterocycles. The lowest BCUT2D eigenvalue weighted by molar-refractivity contribution is -0.143. The van der Waals surface area contributed by atoms with E-state index in [9.17, 15) is 19.2 Å². The average Bonchev–Trinajstić information content (AvgIpc) is 3.15. The monoisotopic (exact) mass is 469 g/mol. The number of aliphatic carboxylic acids is 1. The number of allylic oxidation sites excluding steroid dienone is 1. The molecule has 0 atom stereocenters. The van der Waals surface area contributed by atoms with Crippen LogP contribution in [0.5, 0.6) is 0 Å². The Bertz CT molecular complexity index is 1420. The molecule has 2 aliphatic heterocycles. The normalized spacial score (nSPS) is 17.2. The molecule has 3 aromatic rings. The van der Waals surface area contributed by atoms with E-state index in [0.717, 1.165) is 5.39 Å². The van der Waals surface area contributed by atoms with Crippen molar-refractivity contribution < 1.29 is 24.3 Å². The molecule has 1 N–H and O–H groups in total. The molecule has 2 aliphatic rings. The fraction of sp³-hybridized carbons (Fsp3) is 0.222. The summed E-state index contributed by atoms with van der Waals surface area (Å²) in [6, 6.07) is 15.8. The number of hydrogen-bond acceptors (Lipinski definition) is 5. The molecule has 8 nitrogen and oxygen atoms in total. The number of para-hydroxylation sites is 1. The first-order valence-electron chi connectivity index (χ1n) is 11.4. The van der Waals surface area contributed by atoms with E-state index in [1.54, 1.807) is 59.5 Å². The SMILES string of the molecule is CC(=O)N1/C(=C\c2ccc3cc(C(=O)N4CCC(C(=O)O)CC4)ccc3n2)C(=O)c2ccccc21. The number of carboxylic acids is 1. The molecule has 1 aromatic heterocycles. The number of hydrogen-bond donors (Lipinski definition) is 1. The zero-order valence-electron chi connectivity index (χ0n) is 19.1. The number of carbonyl (C=O) groups is 4. The van der Waals surface area contributed by atoms with Gasteiger partial charge in [-0.15, -0.1) is 0 Å². The number of ketones is 1. The lowest BCUT2D eigenvalue weighted by Gasteiger charge is -2.30. The Morgan fingerprint density at radius 1 is 1.03 bits per heavy atom. The molecule has 0 bridgehead atoms. The third kappa shape index (κ3) is 4.07. The van der Waals surface area contributed by atoms with Crippen molar-refractivity contribution in [3.8, 4) is 0 Å². The van der Waals surface area contributed by atoms with Crippen molar-refractivity contribution in [1.82, 2.24) is 9.88 Å². The molecular formula is C27H23N3O5. The van der Waals surface area contributed by atoms with Crippen LogP contribution in [-0.4, -0.2) is 51.6 Å². The van der Waals surface area contributed by atoms with Crippen molar-refractivity contribution in [2.75, 3.05) is 18.0 Å². The maximum Gasteiger partial charge on any atom is 0.306 e. The van der Waals surface area contributed by atoms with Gasteiger partial charge in [0.25, 0.3) is 5.91 Å². The summed E-state index contributed by atoms with van der Waals surface area (Å²) < 4.78 is 0. The third-order valence-electron chi connectivity index (χ3n) is 6.55. The van der Waals surface area contributed by atoms with Crippen LogP contribution >= 0.6 is 0 Å². The lowest BCUT2D eigenvalue weighted by atomic mass is 9.96. The number of amides is 2. The first kappa shape index (κ1) is 22.5. The largest absolute Gasteiger partial charge is 0.481 e. The van der Waals surface area contributed by atoms with Gasteiger partial charge in [-0.25, -0.2) is 4.98 Å². The second-order valence-corrected chi connectivity index (χ2v) is 8.78. The fourth-order valence-electron chi connectivity index (χ4n) is 4.71. The molecule has 2 amide bonds. The Labute approximate surface area is 201 Å². The number of carboxylic acid groups (broad SMARTS) is 1. The van der Waals surface area contributed by atoms with E-state index in [1.807, 2.05) is 6.07 Å². The molecule has 35 heavy (non-hydrogen) atoms. The van der Waals surface area contributed by atoms with Crippen molar-refractivity contribution in [2.45, 2.75) is 19.8 Å². The number of piperidine rings is 1. The number of rotatable bonds is 3. The molecule has 0 aliphatic carbocycles. The lowest BCUT2D eigenvalue weighted by Crippen LogP contribution is -2.40.